The molecular formula is C22H25N3O3S. The minimum atomic E-state index is -0.247. The summed E-state index contributed by atoms with van der Waals surface area (Å²) in [6.07, 6.45) is 0. The second kappa shape index (κ2) is 9.43. The number of aromatic nitrogens is 1. The van der Waals surface area contributed by atoms with Crippen LogP contribution in [0.3, 0.4) is 0 Å². The zero-order valence-corrected chi connectivity index (χ0v) is 17.9. The summed E-state index contributed by atoms with van der Waals surface area (Å²) < 4.78 is 10.5. The zero-order valence-electron chi connectivity index (χ0n) is 17.1. The van der Waals surface area contributed by atoms with Crippen molar-refractivity contribution in [1.82, 2.24) is 4.98 Å². The van der Waals surface area contributed by atoms with Gasteiger partial charge in [0.2, 0.25) is 0 Å². The normalized spacial score (nSPS) is 10.5. The number of nitrogens with zero attached hydrogens (tertiary/aromatic N) is 2. The lowest BCUT2D eigenvalue weighted by Gasteiger charge is -2.16. The first-order valence-corrected chi connectivity index (χ1v) is 10.3. The number of amides is 1. The maximum Gasteiger partial charge on any atom is 0.259 e. The number of carbonyl (C=O) groups excluding carboxylic acids is 1. The van der Waals surface area contributed by atoms with Gasteiger partial charge in [0.05, 0.1) is 25.5 Å². The Morgan fingerprint density at radius 3 is 2.59 bits per heavy atom. The molecule has 6 nitrogen and oxygen atoms in total. The molecule has 0 radical (unpaired) electrons. The number of methoxy groups -OCH3 is 2. The van der Waals surface area contributed by atoms with E-state index in [4.69, 9.17) is 14.5 Å². The summed E-state index contributed by atoms with van der Waals surface area (Å²) in [4.78, 5) is 19.7. The average Bonchev–Trinajstić information content (AvgIpc) is 3.24. The summed E-state index contributed by atoms with van der Waals surface area (Å²) in [6, 6.07) is 12.8. The third-order valence-electron chi connectivity index (χ3n) is 4.60. The van der Waals surface area contributed by atoms with E-state index < -0.39 is 0 Å². The molecule has 1 amide bonds. The van der Waals surface area contributed by atoms with Gasteiger partial charge in [0.1, 0.15) is 11.5 Å². The van der Waals surface area contributed by atoms with Gasteiger partial charge in [-0.1, -0.05) is 12.1 Å². The Balaban J connectivity index is 1.81. The van der Waals surface area contributed by atoms with Gasteiger partial charge in [-0.25, -0.2) is 4.98 Å². The number of hydrogen-bond donors (Lipinski definition) is 1. The van der Waals surface area contributed by atoms with E-state index in [1.54, 1.807) is 36.6 Å². The maximum absolute atomic E-state index is 12.8. The zero-order chi connectivity index (χ0) is 20.8. The fraction of sp³-hybridized carbons (Fsp3) is 0.273. The largest absolute Gasteiger partial charge is 0.497 e. The minimum absolute atomic E-state index is 0.247. The van der Waals surface area contributed by atoms with Crippen LogP contribution in [-0.4, -0.2) is 38.2 Å². The molecule has 1 N–H and O–H groups in total. The maximum atomic E-state index is 12.8. The molecule has 7 heteroatoms. The van der Waals surface area contributed by atoms with Crippen molar-refractivity contribution in [1.29, 1.82) is 0 Å². The molecule has 0 aliphatic heterocycles. The minimum Gasteiger partial charge on any atom is -0.497 e. The average molecular weight is 412 g/mol. The summed E-state index contributed by atoms with van der Waals surface area (Å²) >= 11 is 1.63. The van der Waals surface area contributed by atoms with Crippen LogP contribution in [0.25, 0.3) is 11.3 Å². The summed E-state index contributed by atoms with van der Waals surface area (Å²) in [5.41, 5.74) is 2.99. The van der Waals surface area contributed by atoms with E-state index in [1.807, 2.05) is 29.6 Å². The summed E-state index contributed by atoms with van der Waals surface area (Å²) in [5.74, 6) is 0.845. The summed E-state index contributed by atoms with van der Waals surface area (Å²) in [5, 5.41) is 5.98. The van der Waals surface area contributed by atoms with E-state index in [0.29, 0.717) is 22.7 Å². The highest BCUT2D eigenvalue weighted by atomic mass is 32.1. The second-order valence-corrected chi connectivity index (χ2v) is 7.13. The van der Waals surface area contributed by atoms with Crippen molar-refractivity contribution in [3.05, 3.63) is 53.4 Å². The number of rotatable bonds is 8. The van der Waals surface area contributed by atoms with Gasteiger partial charge in [0.25, 0.3) is 5.91 Å². The SMILES string of the molecule is CCN(CC)c1nc(-c2cccc(NC(=O)c3ccc(OC)cc3OC)c2)cs1. The molecule has 1 aromatic heterocycles. The lowest BCUT2D eigenvalue weighted by molar-refractivity contribution is 0.102. The first-order valence-electron chi connectivity index (χ1n) is 9.43. The van der Waals surface area contributed by atoms with Crippen molar-refractivity contribution in [2.24, 2.45) is 0 Å². The fourth-order valence-electron chi connectivity index (χ4n) is 2.98. The molecule has 3 rings (SSSR count). The highest BCUT2D eigenvalue weighted by Gasteiger charge is 2.15. The van der Waals surface area contributed by atoms with E-state index >= 15 is 0 Å². The van der Waals surface area contributed by atoms with Crippen LogP contribution in [0.1, 0.15) is 24.2 Å². The molecule has 0 saturated heterocycles. The number of ether oxygens (including phenoxy) is 2. The lowest BCUT2D eigenvalue weighted by Crippen LogP contribution is -2.21. The molecule has 0 aliphatic rings. The van der Waals surface area contributed by atoms with Gasteiger partial charge in [0, 0.05) is 35.8 Å². The summed E-state index contributed by atoms with van der Waals surface area (Å²) in [6.45, 7) is 6.08. The van der Waals surface area contributed by atoms with Crippen molar-refractivity contribution >= 4 is 28.1 Å². The highest BCUT2D eigenvalue weighted by Crippen LogP contribution is 2.30. The molecule has 0 atom stereocenters. The van der Waals surface area contributed by atoms with Crippen LogP contribution in [0.5, 0.6) is 11.5 Å². The van der Waals surface area contributed by atoms with Crippen molar-refractivity contribution in [3.8, 4) is 22.8 Å². The van der Waals surface area contributed by atoms with E-state index in [2.05, 4.69) is 24.1 Å². The molecule has 152 valence electrons. The van der Waals surface area contributed by atoms with E-state index in [1.165, 1.54) is 7.11 Å². The highest BCUT2D eigenvalue weighted by molar-refractivity contribution is 7.14. The first kappa shape index (κ1) is 20.7. The van der Waals surface area contributed by atoms with Crippen molar-refractivity contribution in [2.75, 3.05) is 37.5 Å². The number of nitrogens with one attached hydrogen (secondary N) is 1. The predicted octanol–water partition coefficient (Wildman–Crippen LogP) is 4.93. The van der Waals surface area contributed by atoms with Crippen LogP contribution < -0.4 is 19.7 Å². The summed E-state index contributed by atoms with van der Waals surface area (Å²) in [7, 11) is 3.10. The molecule has 29 heavy (non-hydrogen) atoms. The molecule has 0 aliphatic carbocycles. The number of anilines is 2. The van der Waals surface area contributed by atoms with Gasteiger partial charge < -0.3 is 19.7 Å². The van der Waals surface area contributed by atoms with E-state index in [0.717, 1.165) is 29.5 Å². The Labute approximate surface area is 175 Å². The van der Waals surface area contributed by atoms with Gasteiger partial charge in [-0.05, 0) is 38.1 Å². The lowest BCUT2D eigenvalue weighted by atomic mass is 10.1. The Morgan fingerprint density at radius 2 is 1.90 bits per heavy atom. The number of benzene rings is 2. The van der Waals surface area contributed by atoms with Gasteiger partial charge in [-0.15, -0.1) is 11.3 Å². The molecular weight excluding hydrogens is 386 g/mol. The first-order chi connectivity index (χ1) is 14.1. The predicted molar refractivity (Wildman–Crippen MR) is 119 cm³/mol. The van der Waals surface area contributed by atoms with Crippen LogP contribution in [-0.2, 0) is 0 Å². The van der Waals surface area contributed by atoms with E-state index in [9.17, 15) is 4.79 Å². The molecule has 2 aromatic carbocycles. The Bertz CT molecular complexity index is 983. The molecule has 0 spiro atoms. The molecule has 1 heterocycles. The second-order valence-electron chi connectivity index (χ2n) is 6.29. The van der Waals surface area contributed by atoms with Crippen LogP contribution >= 0.6 is 11.3 Å². The molecule has 0 saturated carbocycles. The van der Waals surface area contributed by atoms with Crippen molar-refractivity contribution < 1.29 is 14.3 Å². The Hall–Kier alpha value is -3.06. The number of thiazole rings is 1. The molecule has 0 bridgehead atoms. The quantitative estimate of drug-likeness (QED) is 0.570. The van der Waals surface area contributed by atoms with E-state index in [-0.39, 0.29) is 5.91 Å². The number of carbonyl (C=O) groups is 1. The van der Waals surface area contributed by atoms with Gasteiger partial charge in [-0.3, -0.25) is 4.79 Å². The monoisotopic (exact) mass is 411 g/mol. The molecule has 0 fully saturated rings. The topological polar surface area (TPSA) is 63.7 Å². The third kappa shape index (κ3) is 4.68. The van der Waals surface area contributed by atoms with Crippen LogP contribution in [0.4, 0.5) is 10.8 Å². The number of hydrogen-bond acceptors (Lipinski definition) is 6. The van der Waals surface area contributed by atoms with Gasteiger partial charge in [0.15, 0.2) is 5.13 Å². The molecule has 3 aromatic rings. The smallest absolute Gasteiger partial charge is 0.259 e. The van der Waals surface area contributed by atoms with Crippen LogP contribution in [0, 0.1) is 0 Å². The standard InChI is InChI=1S/C22H25N3O3S/c1-5-25(6-2)22-24-19(14-29-22)15-8-7-9-16(12-15)23-21(26)18-11-10-17(27-3)13-20(18)28-4/h7-14H,5-6H2,1-4H3,(H,23,26). The van der Waals surface area contributed by atoms with Crippen LogP contribution in [0.2, 0.25) is 0 Å². The van der Waals surface area contributed by atoms with Crippen LogP contribution in [0.15, 0.2) is 47.8 Å². The molecule has 0 unspecified atom stereocenters. The van der Waals surface area contributed by atoms with Crippen molar-refractivity contribution in [2.45, 2.75) is 13.8 Å². The fourth-order valence-corrected chi connectivity index (χ4v) is 3.94. The Kier molecular flexibility index (Phi) is 6.72. The van der Waals surface area contributed by atoms with Gasteiger partial charge in [-0.2, -0.15) is 0 Å². The van der Waals surface area contributed by atoms with Gasteiger partial charge >= 0.3 is 0 Å². The van der Waals surface area contributed by atoms with Crippen molar-refractivity contribution in [3.63, 3.8) is 0 Å². The third-order valence-corrected chi connectivity index (χ3v) is 5.50. The Morgan fingerprint density at radius 1 is 1.10 bits per heavy atom.